The summed E-state index contributed by atoms with van der Waals surface area (Å²) in [5.41, 5.74) is 0.823. The summed E-state index contributed by atoms with van der Waals surface area (Å²) in [6.45, 7) is 1.58. The fourth-order valence-electron chi connectivity index (χ4n) is 2.34. The van der Waals surface area contributed by atoms with E-state index in [2.05, 4.69) is 0 Å². The molecule has 0 N–H and O–H groups in total. The highest BCUT2D eigenvalue weighted by molar-refractivity contribution is 6.31. The van der Waals surface area contributed by atoms with E-state index in [1.54, 1.807) is 19.1 Å². The third-order valence-electron chi connectivity index (χ3n) is 3.35. The normalized spacial score (nSPS) is 18.2. The van der Waals surface area contributed by atoms with Gasteiger partial charge in [0.05, 0.1) is 12.5 Å². The molecule has 21 heavy (non-hydrogen) atoms. The minimum absolute atomic E-state index is 0.101. The van der Waals surface area contributed by atoms with Crippen molar-refractivity contribution in [3.8, 4) is 0 Å². The van der Waals surface area contributed by atoms with E-state index < -0.39 is 11.9 Å². The van der Waals surface area contributed by atoms with Crippen LogP contribution in [0.5, 0.6) is 0 Å². The fraction of sp³-hybridized carbons (Fsp3) is 0.400. The van der Waals surface area contributed by atoms with E-state index >= 15 is 0 Å². The van der Waals surface area contributed by atoms with Gasteiger partial charge < -0.3 is 4.74 Å². The van der Waals surface area contributed by atoms with Crippen LogP contribution in [-0.4, -0.2) is 35.8 Å². The van der Waals surface area contributed by atoms with Crippen LogP contribution in [0.1, 0.15) is 18.9 Å². The van der Waals surface area contributed by atoms with Crippen molar-refractivity contribution in [1.82, 2.24) is 4.90 Å². The lowest BCUT2D eigenvalue weighted by Gasteiger charge is -2.14. The van der Waals surface area contributed by atoms with Gasteiger partial charge in [-0.05, 0) is 25.0 Å². The number of rotatable bonds is 5. The van der Waals surface area contributed by atoms with Gasteiger partial charge in [0, 0.05) is 11.4 Å². The topological polar surface area (TPSA) is 63.7 Å². The number of imide groups is 1. The van der Waals surface area contributed by atoms with Crippen molar-refractivity contribution in [2.24, 2.45) is 5.92 Å². The molecule has 0 aromatic heterocycles. The first-order valence-electron chi connectivity index (χ1n) is 6.76. The molecule has 1 saturated heterocycles. The van der Waals surface area contributed by atoms with Crippen molar-refractivity contribution in [3.63, 3.8) is 0 Å². The van der Waals surface area contributed by atoms with Crippen LogP contribution in [0, 0.1) is 5.92 Å². The lowest BCUT2D eigenvalue weighted by Crippen LogP contribution is -2.36. The molecule has 112 valence electrons. The van der Waals surface area contributed by atoms with E-state index in [1.165, 1.54) is 0 Å². The first-order valence-corrected chi connectivity index (χ1v) is 7.14. The third-order valence-corrected chi connectivity index (χ3v) is 3.72. The Morgan fingerprint density at radius 1 is 1.38 bits per heavy atom. The highest BCUT2D eigenvalue weighted by Crippen LogP contribution is 2.26. The van der Waals surface area contributed by atoms with Gasteiger partial charge in [-0.15, -0.1) is 0 Å². The largest absolute Gasteiger partial charge is 0.465 e. The number of ether oxygens (including phenoxy) is 1. The molecular formula is C15H16ClNO4. The van der Waals surface area contributed by atoms with Crippen LogP contribution in [0.3, 0.4) is 0 Å². The van der Waals surface area contributed by atoms with E-state index in [-0.39, 0.29) is 31.4 Å². The smallest absolute Gasteiger partial charge is 0.326 e. The molecule has 1 atom stereocenters. The predicted octanol–water partition coefficient (Wildman–Crippen LogP) is 1.82. The summed E-state index contributed by atoms with van der Waals surface area (Å²) in [6, 6.07) is 7.21. The van der Waals surface area contributed by atoms with E-state index in [0.29, 0.717) is 11.4 Å². The van der Waals surface area contributed by atoms with E-state index in [4.69, 9.17) is 16.3 Å². The average Bonchev–Trinajstić information content (AvgIpc) is 2.69. The molecule has 1 aliphatic heterocycles. The molecule has 2 amide bonds. The van der Waals surface area contributed by atoms with Crippen molar-refractivity contribution in [2.45, 2.75) is 19.8 Å². The summed E-state index contributed by atoms with van der Waals surface area (Å²) < 4.78 is 4.77. The Labute approximate surface area is 127 Å². The van der Waals surface area contributed by atoms with Crippen molar-refractivity contribution in [2.75, 3.05) is 13.2 Å². The predicted molar refractivity (Wildman–Crippen MR) is 76.6 cm³/mol. The average molecular weight is 310 g/mol. The second-order valence-electron chi connectivity index (χ2n) is 4.82. The van der Waals surface area contributed by atoms with Crippen molar-refractivity contribution >= 4 is 29.4 Å². The van der Waals surface area contributed by atoms with Crippen molar-refractivity contribution < 1.29 is 19.1 Å². The maximum absolute atomic E-state index is 12.2. The Morgan fingerprint density at radius 3 is 2.76 bits per heavy atom. The van der Waals surface area contributed by atoms with Gasteiger partial charge in [0.2, 0.25) is 11.8 Å². The molecule has 1 unspecified atom stereocenters. The van der Waals surface area contributed by atoms with Crippen LogP contribution >= 0.6 is 11.6 Å². The molecule has 1 aromatic carbocycles. The molecule has 1 aromatic rings. The molecule has 1 aliphatic rings. The molecule has 5 nitrogen and oxygen atoms in total. The highest BCUT2D eigenvalue weighted by Gasteiger charge is 2.39. The van der Waals surface area contributed by atoms with Crippen LogP contribution in [0.2, 0.25) is 5.02 Å². The number of carbonyl (C=O) groups excluding carboxylic acids is 3. The van der Waals surface area contributed by atoms with E-state index in [0.717, 1.165) is 10.5 Å². The summed E-state index contributed by atoms with van der Waals surface area (Å²) in [5.74, 6) is -1.72. The fourth-order valence-corrected chi connectivity index (χ4v) is 2.56. The zero-order chi connectivity index (χ0) is 15.4. The zero-order valence-electron chi connectivity index (χ0n) is 11.7. The minimum Gasteiger partial charge on any atom is -0.465 e. The van der Waals surface area contributed by atoms with Crippen LogP contribution < -0.4 is 0 Å². The number of esters is 1. The summed E-state index contributed by atoms with van der Waals surface area (Å²) in [6.07, 6.45) is 0.493. The monoisotopic (exact) mass is 309 g/mol. The van der Waals surface area contributed by atoms with Gasteiger partial charge in [0.1, 0.15) is 6.54 Å². The van der Waals surface area contributed by atoms with Crippen LogP contribution in [0.15, 0.2) is 24.3 Å². The lowest BCUT2D eigenvalue weighted by atomic mass is 9.98. The Balaban J connectivity index is 2.04. The SMILES string of the molecule is CCOC(=O)CN1C(=O)CC(Cc2ccccc2Cl)C1=O. The Hall–Kier alpha value is -1.88. The van der Waals surface area contributed by atoms with Crippen LogP contribution in [0.4, 0.5) is 0 Å². The van der Waals surface area contributed by atoms with Gasteiger partial charge in [-0.2, -0.15) is 0 Å². The summed E-state index contributed by atoms with van der Waals surface area (Å²) in [4.78, 5) is 36.5. The zero-order valence-corrected chi connectivity index (χ0v) is 12.4. The molecular weight excluding hydrogens is 294 g/mol. The maximum atomic E-state index is 12.2. The van der Waals surface area contributed by atoms with Crippen molar-refractivity contribution in [3.05, 3.63) is 34.9 Å². The Kier molecular flexibility index (Phi) is 4.96. The number of nitrogens with zero attached hydrogens (tertiary/aromatic N) is 1. The van der Waals surface area contributed by atoms with Gasteiger partial charge in [0.15, 0.2) is 0 Å². The van der Waals surface area contributed by atoms with Crippen molar-refractivity contribution in [1.29, 1.82) is 0 Å². The molecule has 0 spiro atoms. The lowest BCUT2D eigenvalue weighted by molar-refractivity contribution is -0.152. The Morgan fingerprint density at radius 2 is 2.10 bits per heavy atom. The Bertz CT molecular complexity index is 573. The van der Waals surface area contributed by atoms with Gasteiger partial charge in [-0.1, -0.05) is 29.8 Å². The van der Waals surface area contributed by atoms with E-state index in [9.17, 15) is 14.4 Å². The molecule has 1 fully saturated rings. The second kappa shape index (κ2) is 6.72. The minimum atomic E-state index is -0.572. The molecule has 2 rings (SSSR count). The number of hydrogen-bond donors (Lipinski definition) is 0. The summed E-state index contributed by atoms with van der Waals surface area (Å²) >= 11 is 6.06. The summed E-state index contributed by atoms with van der Waals surface area (Å²) in [5, 5.41) is 0.571. The number of hydrogen-bond acceptors (Lipinski definition) is 4. The standard InChI is InChI=1S/C15H16ClNO4/c1-2-21-14(19)9-17-13(18)8-11(15(17)20)7-10-5-3-4-6-12(10)16/h3-6,11H,2,7-9H2,1H3. The van der Waals surface area contributed by atoms with E-state index in [1.807, 2.05) is 12.1 Å². The van der Waals surface area contributed by atoms with Crippen LogP contribution in [0.25, 0.3) is 0 Å². The van der Waals surface area contributed by atoms with Gasteiger partial charge in [-0.25, -0.2) is 0 Å². The number of carbonyl (C=O) groups is 3. The molecule has 1 heterocycles. The number of likely N-dealkylation sites (tertiary alicyclic amines) is 1. The molecule has 0 aliphatic carbocycles. The molecule has 6 heteroatoms. The molecule has 0 radical (unpaired) electrons. The highest BCUT2D eigenvalue weighted by atomic mass is 35.5. The van der Waals surface area contributed by atoms with Crippen LogP contribution in [-0.2, 0) is 25.5 Å². The van der Waals surface area contributed by atoms with Gasteiger partial charge in [0.25, 0.3) is 0 Å². The molecule has 0 saturated carbocycles. The first-order chi connectivity index (χ1) is 10.0. The number of halogens is 1. The number of amides is 2. The first kappa shape index (κ1) is 15.5. The quantitative estimate of drug-likeness (QED) is 0.615. The second-order valence-corrected chi connectivity index (χ2v) is 5.23. The maximum Gasteiger partial charge on any atom is 0.326 e. The van der Waals surface area contributed by atoms with Gasteiger partial charge >= 0.3 is 5.97 Å². The van der Waals surface area contributed by atoms with Gasteiger partial charge in [-0.3, -0.25) is 19.3 Å². The molecule has 0 bridgehead atoms. The third kappa shape index (κ3) is 3.61. The number of benzene rings is 1. The summed E-state index contributed by atoms with van der Waals surface area (Å²) in [7, 11) is 0.